The van der Waals surface area contributed by atoms with Crippen molar-refractivity contribution < 1.29 is 14.7 Å². The van der Waals surface area contributed by atoms with E-state index in [0.29, 0.717) is 25.4 Å². The fourth-order valence-corrected chi connectivity index (χ4v) is 2.49. The van der Waals surface area contributed by atoms with Crippen molar-refractivity contribution in [3.05, 3.63) is 0 Å². The summed E-state index contributed by atoms with van der Waals surface area (Å²) in [5, 5.41) is 11.6. The van der Waals surface area contributed by atoms with E-state index in [2.05, 4.69) is 5.32 Å². The van der Waals surface area contributed by atoms with Crippen LogP contribution in [0, 0.1) is 5.92 Å². The Morgan fingerprint density at radius 3 is 2.53 bits per heavy atom. The Labute approximate surface area is 115 Å². The molecule has 1 aliphatic carbocycles. The van der Waals surface area contributed by atoms with Crippen molar-refractivity contribution in [3.8, 4) is 0 Å². The van der Waals surface area contributed by atoms with Crippen LogP contribution in [0.15, 0.2) is 0 Å². The number of nitrogens with zero attached hydrogens (tertiary/aromatic N) is 1. The van der Waals surface area contributed by atoms with E-state index in [-0.39, 0.29) is 11.9 Å². The van der Waals surface area contributed by atoms with Gasteiger partial charge in [-0.25, -0.2) is 4.79 Å². The number of rotatable bonds is 6. The van der Waals surface area contributed by atoms with Gasteiger partial charge in [-0.05, 0) is 25.7 Å². The number of urea groups is 1. The molecule has 0 aromatic rings. The van der Waals surface area contributed by atoms with E-state index in [9.17, 15) is 9.59 Å². The summed E-state index contributed by atoms with van der Waals surface area (Å²) < 4.78 is 0. The average Bonchev–Trinajstić information content (AvgIpc) is 2.43. The number of aliphatic carboxylic acids is 1. The minimum Gasteiger partial charge on any atom is -0.481 e. The number of hydrogen-bond acceptors (Lipinski definition) is 2. The summed E-state index contributed by atoms with van der Waals surface area (Å²) in [7, 11) is 1.85. The lowest BCUT2D eigenvalue weighted by Gasteiger charge is -2.31. The standard InChI is InChI=1S/C14H26N2O3/c1-11(13(17)18)7-6-10-15-14(19)16(2)12-8-4-3-5-9-12/h11-12H,3-10H2,1-2H3,(H,15,19)(H,17,18). The topological polar surface area (TPSA) is 69.6 Å². The van der Waals surface area contributed by atoms with E-state index in [0.717, 1.165) is 12.8 Å². The molecule has 0 saturated heterocycles. The highest BCUT2D eigenvalue weighted by molar-refractivity contribution is 5.74. The van der Waals surface area contributed by atoms with Gasteiger partial charge in [0.25, 0.3) is 0 Å². The second kappa shape index (κ2) is 8.02. The minimum atomic E-state index is -0.773. The number of nitrogens with one attached hydrogen (secondary N) is 1. The lowest BCUT2D eigenvalue weighted by Crippen LogP contribution is -2.44. The van der Waals surface area contributed by atoms with Gasteiger partial charge >= 0.3 is 12.0 Å². The van der Waals surface area contributed by atoms with E-state index in [4.69, 9.17) is 5.11 Å². The molecule has 1 fully saturated rings. The van der Waals surface area contributed by atoms with E-state index >= 15 is 0 Å². The molecule has 0 heterocycles. The van der Waals surface area contributed by atoms with E-state index in [1.807, 2.05) is 7.05 Å². The molecule has 0 aliphatic heterocycles. The van der Waals surface area contributed by atoms with Crippen LogP contribution in [0.1, 0.15) is 51.9 Å². The molecule has 1 aliphatic rings. The molecule has 2 amide bonds. The number of carboxylic acid groups (broad SMARTS) is 1. The molecule has 19 heavy (non-hydrogen) atoms. The molecule has 0 spiro atoms. The third-order valence-electron chi connectivity index (χ3n) is 3.95. The van der Waals surface area contributed by atoms with Gasteiger partial charge in [0.05, 0.1) is 5.92 Å². The fourth-order valence-electron chi connectivity index (χ4n) is 2.49. The summed E-state index contributed by atoms with van der Waals surface area (Å²) in [6, 6.07) is 0.335. The van der Waals surface area contributed by atoms with Gasteiger partial charge in [0, 0.05) is 19.6 Å². The van der Waals surface area contributed by atoms with Crippen LogP contribution in [0.3, 0.4) is 0 Å². The Hall–Kier alpha value is -1.26. The van der Waals surface area contributed by atoms with Gasteiger partial charge in [0.1, 0.15) is 0 Å². The summed E-state index contributed by atoms with van der Waals surface area (Å²) >= 11 is 0. The van der Waals surface area contributed by atoms with Crippen LogP contribution in [-0.2, 0) is 4.79 Å². The highest BCUT2D eigenvalue weighted by atomic mass is 16.4. The van der Waals surface area contributed by atoms with E-state index in [1.54, 1.807) is 11.8 Å². The number of hydrogen-bond donors (Lipinski definition) is 2. The smallest absolute Gasteiger partial charge is 0.317 e. The molecule has 5 heteroatoms. The Bertz CT molecular complexity index is 301. The van der Waals surface area contributed by atoms with Gasteiger partial charge in [-0.3, -0.25) is 4.79 Å². The maximum Gasteiger partial charge on any atom is 0.317 e. The first-order valence-corrected chi connectivity index (χ1v) is 7.26. The molecule has 0 aromatic carbocycles. The molecule has 1 rings (SSSR count). The highest BCUT2D eigenvalue weighted by Crippen LogP contribution is 2.21. The Balaban J connectivity index is 2.17. The second-order valence-corrected chi connectivity index (χ2v) is 5.52. The number of amides is 2. The minimum absolute atomic E-state index is 0.0325. The van der Waals surface area contributed by atoms with Crippen molar-refractivity contribution in [1.29, 1.82) is 0 Å². The third-order valence-corrected chi connectivity index (χ3v) is 3.95. The summed E-state index contributed by atoms with van der Waals surface area (Å²) in [4.78, 5) is 24.4. The predicted octanol–water partition coefficient (Wildman–Crippen LogP) is 2.46. The third kappa shape index (κ3) is 5.49. The van der Waals surface area contributed by atoms with Crippen molar-refractivity contribution in [2.45, 2.75) is 57.9 Å². The van der Waals surface area contributed by atoms with Crippen LogP contribution in [0.2, 0.25) is 0 Å². The zero-order chi connectivity index (χ0) is 14.3. The van der Waals surface area contributed by atoms with Crippen molar-refractivity contribution in [1.82, 2.24) is 10.2 Å². The first kappa shape index (κ1) is 15.8. The first-order valence-electron chi connectivity index (χ1n) is 7.26. The Morgan fingerprint density at radius 1 is 1.32 bits per heavy atom. The monoisotopic (exact) mass is 270 g/mol. The van der Waals surface area contributed by atoms with Crippen LogP contribution >= 0.6 is 0 Å². The highest BCUT2D eigenvalue weighted by Gasteiger charge is 2.21. The SMILES string of the molecule is CC(CCCNC(=O)N(C)C1CCCCC1)C(=O)O. The van der Waals surface area contributed by atoms with E-state index < -0.39 is 5.97 Å². The predicted molar refractivity (Wildman–Crippen MR) is 74.1 cm³/mol. The zero-order valence-electron chi connectivity index (χ0n) is 12.0. The van der Waals surface area contributed by atoms with Crippen molar-refractivity contribution in [2.24, 2.45) is 5.92 Å². The zero-order valence-corrected chi connectivity index (χ0v) is 12.0. The molecule has 0 bridgehead atoms. The van der Waals surface area contributed by atoms with Crippen molar-refractivity contribution in [3.63, 3.8) is 0 Å². The number of carbonyl (C=O) groups excluding carboxylic acids is 1. The first-order chi connectivity index (χ1) is 9.02. The Kier molecular flexibility index (Phi) is 6.67. The molecule has 5 nitrogen and oxygen atoms in total. The quantitative estimate of drug-likeness (QED) is 0.728. The van der Waals surface area contributed by atoms with Crippen LogP contribution in [0.5, 0.6) is 0 Å². The largest absolute Gasteiger partial charge is 0.481 e. The van der Waals surface area contributed by atoms with Gasteiger partial charge in [-0.2, -0.15) is 0 Å². The fraction of sp³-hybridized carbons (Fsp3) is 0.857. The molecule has 1 saturated carbocycles. The summed E-state index contributed by atoms with van der Waals surface area (Å²) in [6.45, 7) is 2.24. The van der Waals surface area contributed by atoms with Crippen molar-refractivity contribution in [2.75, 3.05) is 13.6 Å². The van der Waals surface area contributed by atoms with Crippen LogP contribution in [0.4, 0.5) is 4.79 Å². The van der Waals surface area contributed by atoms with Crippen LogP contribution in [-0.4, -0.2) is 41.6 Å². The van der Waals surface area contributed by atoms with E-state index in [1.165, 1.54) is 19.3 Å². The summed E-state index contributed by atoms with van der Waals surface area (Å²) in [6.07, 6.45) is 7.19. The molecular formula is C14H26N2O3. The summed E-state index contributed by atoms with van der Waals surface area (Å²) in [5.74, 6) is -1.11. The van der Waals surface area contributed by atoms with Gasteiger partial charge < -0.3 is 15.3 Å². The number of carbonyl (C=O) groups is 2. The molecule has 1 unspecified atom stereocenters. The maximum atomic E-state index is 11.9. The maximum absolute atomic E-state index is 11.9. The van der Waals surface area contributed by atoms with Crippen molar-refractivity contribution >= 4 is 12.0 Å². The molecule has 110 valence electrons. The number of carboxylic acids is 1. The van der Waals surface area contributed by atoms with Gasteiger partial charge in [0.15, 0.2) is 0 Å². The molecule has 0 aromatic heterocycles. The second-order valence-electron chi connectivity index (χ2n) is 5.52. The lowest BCUT2D eigenvalue weighted by atomic mass is 9.95. The molecule has 0 radical (unpaired) electrons. The normalized spacial score (nSPS) is 17.8. The molecular weight excluding hydrogens is 244 g/mol. The van der Waals surface area contributed by atoms with Gasteiger partial charge in [-0.15, -0.1) is 0 Å². The lowest BCUT2D eigenvalue weighted by molar-refractivity contribution is -0.141. The average molecular weight is 270 g/mol. The van der Waals surface area contributed by atoms with Crippen LogP contribution < -0.4 is 5.32 Å². The summed E-state index contributed by atoms with van der Waals surface area (Å²) in [5.41, 5.74) is 0. The Morgan fingerprint density at radius 2 is 1.95 bits per heavy atom. The molecule has 1 atom stereocenters. The van der Waals surface area contributed by atoms with Crippen LogP contribution in [0.25, 0.3) is 0 Å². The van der Waals surface area contributed by atoms with Gasteiger partial charge in [0.2, 0.25) is 0 Å². The van der Waals surface area contributed by atoms with Gasteiger partial charge in [-0.1, -0.05) is 26.2 Å². The molecule has 2 N–H and O–H groups in total.